The van der Waals surface area contributed by atoms with E-state index in [9.17, 15) is 4.79 Å². The van der Waals surface area contributed by atoms with Crippen LogP contribution in [0.1, 0.15) is 52.3 Å². The molecule has 1 aliphatic rings. The van der Waals surface area contributed by atoms with Gasteiger partial charge in [-0.25, -0.2) is 9.50 Å². The second-order valence-corrected chi connectivity index (χ2v) is 8.13. The Morgan fingerprint density at radius 2 is 2.23 bits per heavy atom. The van der Waals surface area contributed by atoms with Crippen LogP contribution in [0.5, 0.6) is 0 Å². The Kier molecular flexibility index (Phi) is 4.76. The molecule has 0 unspecified atom stereocenters. The van der Waals surface area contributed by atoms with Crippen LogP contribution in [0.15, 0.2) is 29.8 Å². The summed E-state index contributed by atoms with van der Waals surface area (Å²) in [4.78, 5) is 21.3. The third-order valence-corrected chi connectivity index (χ3v) is 6.14. The highest BCUT2D eigenvalue weighted by Gasteiger charge is 2.29. The number of aromatic nitrogens is 3. The SMILES string of the molecule is Cc1cc(C)n2ncc(C(=O)N3CCCC[C@@H]3CCc3cccs3)c2n1. The molecule has 0 aromatic carbocycles. The van der Waals surface area contributed by atoms with Gasteiger partial charge in [-0.3, -0.25) is 4.79 Å². The smallest absolute Gasteiger partial charge is 0.259 e. The summed E-state index contributed by atoms with van der Waals surface area (Å²) in [6.45, 7) is 4.78. The number of piperidine rings is 1. The molecule has 1 aliphatic heterocycles. The Hall–Kier alpha value is -2.21. The molecular weight excluding hydrogens is 344 g/mol. The quantitative estimate of drug-likeness (QED) is 0.698. The fourth-order valence-corrected chi connectivity index (χ4v) is 4.63. The van der Waals surface area contributed by atoms with Crippen molar-refractivity contribution in [3.05, 3.63) is 51.6 Å². The van der Waals surface area contributed by atoms with E-state index in [0.717, 1.165) is 43.6 Å². The van der Waals surface area contributed by atoms with Gasteiger partial charge in [-0.2, -0.15) is 5.10 Å². The van der Waals surface area contributed by atoms with Crippen LogP contribution in [0.25, 0.3) is 5.65 Å². The van der Waals surface area contributed by atoms with Gasteiger partial charge in [0.05, 0.1) is 6.20 Å². The lowest BCUT2D eigenvalue weighted by Crippen LogP contribution is -2.44. The third-order valence-electron chi connectivity index (χ3n) is 5.20. The van der Waals surface area contributed by atoms with E-state index in [-0.39, 0.29) is 5.91 Å². The van der Waals surface area contributed by atoms with Gasteiger partial charge in [-0.05, 0) is 63.5 Å². The molecule has 0 aliphatic carbocycles. The predicted octanol–water partition coefficient (Wildman–Crippen LogP) is 4.04. The summed E-state index contributed by atoms with van der Waals surface area (Å²) in [5.41, 5.74) is 3.21. The first-order valence-corrected chi connectivity index (χ1v) is 10.2. The van der Waals surface area contributed by atoms with Crippen LogP contribution in [0.2, 0.25) is 0 Å². The Balaban J connectivity index is 1.59. The number of likely N-dealkylation sites (tertiary alicyclic amines) is 1. The van der Waals surface area contributed by atoms with Crippen molar-refractivity contribution >= 4 is 22.9 Å². The molecule has 1 amide bonds. The molecule has 3 aromatic rings. The highest BCUT2D eigenvalue weighted by atomic mass is 32.1. The second kappa shape index (κ2) is 7.19. The molecule has 4 rings (SSSR count). The minimum Gasteiger partial charge on any atom is -0.335 e. The number of amides is 1. The van der Waals surface area contributed by atoms with Crippen molar-refractivity contribution in [3.8, 4) is 0 Å². The molecule has 0 spiro atoms. The maximum absolute atomic E-state index is 13.3. The molecule has 0 N–H and O–H groups in total. The Morgan fingerprint density at radius 3 is 3.04 bits per heavy atom. The van der Waals surface area contributed by atoms with Crippen LogP contribution in [-0.2, 0) is 6.42 Å². The average Bonchev–Trinajstić information content (AvgIpc) is 3.29. The predicted molar refractivity (Wildman–Crippen MR) is 104 cm³/mol. The van der Waals surface area contributed by atoms with Gasteiger partial charge >= 0.3 is 0 Å². The van der Waals surface area contributed by atoms with E-state index < -0.39 is 0 Å². The van der Waals surface area contributed by atoms with E-state index in [1.165, 1.54) is 11.3 Å². The van der Waals surface area contributed by atoms with Crippen molar-refractivity contribution in [2.45, 2.75) is 52.0 Å². The molecule has 1 fully saturated rings. The van der Waals surface area contributed by atoms with Crippen LogP contribution >= 0.6 is 11.3 Å². The highest BCUT2D eigenvalue weighted by molar-refractivity contribution is 7.09. The minimum atomic E-state index is 0.0772. The maximum Gasteiger partial charge on any atom is 0.259 e. The van der Waals surface area contributed by atoms with Gasteiger partial charge in [0.1, 0.15) is 5.56 Å². The zero-order valence-electron chi connectivity index (χ0n) is 15.3. The summed E-state index contributed by atoms with van der Waals surface area (Å²) in [5.74, 6) is 0.0772. The largest absolute Gasteiger partial charge is 0.335 e. The van der Waals surface area contributed by atoms with Crippen LogP contribution in [0.4, 0.5) is 0 Å². The molecule has 4 heterocycles. The van der Waals surface area contributed by atoms with Crippen molar-refractivity contribution < 1.29 is 4.79 Å². The van der Waals surface area contributed by atoms with Crippen molar-refractivity contribution in [2.75, 3.05) is 6.54 Å². The minimum absolute atomic E-state index is 0.0772. The van der Waals surface area contributed by atoms with E-state index >= 15 is 0 Å². The van der Waals surface area contributed by atoms with Crippen molar-refractivity contribution in [2.24, 2.45) is 0 Å². The molecule has 6 heteroatoms. The molecule has 0 bridgehead atoms. The maximum atomic E-state index is 13.3. The van der Waals surface area contributed by atoms with Gasteiger partial charge in [0, 0.05) is 28.9 Å². The number of thiophene rings is 1. The number of carbonyl (C=O) groups is 1. The summed E-state index contributed by atoms with van der Waals surface area (Å²) in [6, 6.07) is 6.57. The molecule has 26 heavy (non-hydrogen) atoms. The van der Waals surface area contributed by atoms with Gasteiger partial charge in [0.25, 0.3) is 5.91 Å². The first-order valence-electron chi connectivity index (χ1n) is 9.29. The van der Waals surface area contributed by atoms with Gasteiger partial charge in [0.2, 0.25) is 0 Å². The van der Waals surface area contributed by atoms with E-state index in [1.54, 1.807) is 22.0 Å². The Labute approximate surface area is 157 Å². The third kappa shape index (κ3) is 3.26. The topological polar surface area (TPSA) is 50.5 Å². The Bertz CT molecular complexity index is 915. The number of hydrogen-bond donors (Lipinski definition) is 0. The number of aryl methyl sites for hydroxylation is 3. The van der Waals surface area contributed by atoms with Crippen molar-refractivity contribution in [3.63, 3.8) is 0 Å². The average molecular weight is 369 g/mol. The molecule has 5 nitrogen and oxygen atoms in total. The molecule has 136 valence electrons. The van der Waals surface area contributed by atoms with E-state index in [1.807, 2.05) is 19.9 Å². The number of hydrogen-bond acceptors (Lipinski definition) is 4. The lowest BCUT2D eigenvalue weighted by atomic mass is 9.97. The summed E-state index contributed by atoms with van der Waals surface area (Å²) in [5, 5.41) is 6.51. The molecule has 3 aromatic heterocycles. The first kappa shape index (κ1) is 17.2. The summed E-state index contributed by atoms with van der Waals surface area (Å²) >= 11 is 1.80. The summed E-state index contributed by atoms with van der Waals surface area (Å²) < 4.78 is 1.77. The number of rotatable bonds is 4. The standard InChI is InChI=1S/C20H24N4OS/c1-14-12-15(2)24-19(22-14)18(13-21-24)20(25)23-10-4-3-6-16(23)8-9-17-7-5-11-26-17/h5,7,11-13,16H,3-4,6,8-10H2,1-2H3/t16-/m1/s1. The second-order valence-electron chi connectivity index (χ2n) is 7.10. The van der Waals surface area contributed by atoms with E-state index in [0.29, 0.717) is 17.3 Å². The zero-order valence-corrected chi connectivity index (χ0v) is 16.1. The van der Waals surface area contributed by atoms with Crippen molar-refractivity contribution in [1.82, 2.24) is 19.5 Å². The normalized spacial score (nSPS) is 17.8. The van der Waals surface area contributed by atoms with Gasteiger partial charge in [-0.1, -0.05) is 6.07 Å². The zero-order chi connectivity index (χ0) is 18.1. The molecule has 1 atom stereocenters. The summed E-state index contributed by atoms with van der Waals surface area (Å²) in [7, 11) is 0. The molecule has 1 saturated heterocycles. The van der Waals surface area contributed by atoms with Crippen molar-refractivity contribution in [1.29, 1.82) is 0 Å². The lowest BCUT2D eigenvalue weighted by Gasteiger charge is -2.35. The van der Waals surface area contributed by atoms with E-state index in [4.69, 9.17) is 0 Å². The lowest BCUT2D eigenvalue weighted by molar-refractivity contribution is 0.0604. The van der Waals surface area contributed by atoms with E-state index in [2.05, 4.69) is 32.5 Å². The molecule has 0 radical (unpaired) electrons. The summed E-state index contributed by atoms with van der Waals surface area (Å²) in [6.07, 6.45) is 7.11. The molecule has 0 saturated carbocycles. The number of nitrogens with zero attached hydrogens (tertiary/aromatic N) is 4. The monoisotopic (exact) mass is 368 g/mol. The first-order chi connectivity index (χ1) is 12.6. The fourth-order valence-electron chi connectivity index (χ4n) is 3.91. The number of fused-ring (bicyclic) bond motifs is 1. The van der Waals surface area contributed by atoms with Gasteiger partial charge in [0.15, 0.2) is 5.65 Å². The fraction of sp³-hybridized carbons (Fsp3) is 0.450. The Morgan fingerprint density at radius 1 is 1.35 bits per heavy atom. The molecular formula is C20H24N4OS. The van der Waals surface area contributed by atoms with Crippen LogP contribution in [-0.4, -0.2) is 38.0 Å². The van der Waals surface area contributed by atoms with Crippen LogP contribution in [0.3, 0.4) is 0 Å². The van der Waals surface area contributed by atoms with Gasteiger partial charge in [-0.15, -0.1) is 11.3 Å². The van der Waals surface area contributed by atoms with Gasteiger partial charge < -0.3 is 4.90 Å². The van der Waals surface area contributed by atoms with Crippen LogP contribution < -0.4 is 0 Å². The number of carbonyl (C=O) groups excluding carboxylic acids is 1. The van der Waals surface area contributed by atoms with Crippen LogP contribution in [0, 0.1) is 13.8 Å². The highest BCUT2D eigenvalue weighted by Crippen LogP contribution is 2.25.